The van der Waals surface area contributed by atoms with Crippen LogP contribution in [0.3, 0.4) is 0 Å². The summed E-state index contributed by atoms with van der Waals surface area (Å²) in [5.41, 5.74) is 0.392. The molecule has 0 amide bonds. The summed E-state index contributed by atoms with van der Waals surface area (Å²) < 4.78 is 0. The highest BCUT2D eigenvalue weighted by atomic mass is 27.0. The molecule has 0 aliphatic heterocycles. The van der Waals surface area contributed by atoms with Crippen molar-refractivity contribution in [2.75, 3.05) is 0 Å². The predicted molar refractivity (Wildman–Crippen MR) is 49.3 cm³/mol. The van der Waals surface area contributed by atoms with Crippen LogP contribution >= 0.6 is 0 Å². The van der Waals surface area contributed by atoms with Crippen LogP contribution in [0.25, 0.3) is 0 Å². The van der Waals surface area contributed by atoms with Crippen molar-refractivity contribution in [3.8, 4) is 0 Å². The molecule has 0 atom stereocenters. The van der Waals surface area contributed by atoms with Crippen LogP contribution in [0.1, 0.15) is 40.0 Å². The van der Waals surface area contributed by atoms with Crippen molar-refractivity contribution in [2.45, 2.75) is 40.0 Å². The summed E-state index contributed by atoms with van der Waals surface area (Å²) in [4.78, 5) is 9.89. The van der Waals surface area contributed by atoms with Gasteiger partial charge in [0.05, 0.1) is 0 Å². The number of carbonyl (C=O) groups excluding carboxylic acids is 1. The molecule has 1 nitrogen and oxygen atoms in total. The van der Waals surface area contributed by atoms with Crippen LogP contribution in [0.2, 0.25) is 0 Å². The van der Waals surface area contributed by atoms with Crippen molar-refractivity contribution in [1.82, 2.24) is 0 Å². The molecule has 0 spiro atoms. The molecular formula is C8H19AlO. The first-order chi connectivity index (χ1) is 4.06. The Bertz CT molecular complexity index is 83.7. The average molecular weight is 158 g/mol. The van der Waals surface area contributed by atoms with E-state index in [9.17, 15) is 4.79 Å². The first kappa shape index (κ1) is 12.8. The lowest BCUT2D eigenvalue weighted by Gasteiger charge is -2.16. The van der Waals surface area contributed by atoms with E-state index in [-0.39, 0.29) is 17.4 Å². The van der Waals surface area contributed by atoms with Crippen molar-refractivity contribution < 1.29 is 4.79 Å². The van der Waals surface area contributed by atoms with Crippen molar-refractivity contribution in [3.05, 3.63) is 0 Å². The lowest BCUT2D eigenvalue weighted by atomic mass is 9.90. The molecule has 2 heteroatoms. The quantitative estimate of drug-likeness (QED) is 0.343. The summed E-state index contributed by atoms with van der Waals surface area (Å²) in [6, 6.07) is 0. The van der Waals surface area contributed by atoms with Gasteiger partial charge in [-0.05, 0) is 18.3 Å². The molecule has 0 saturated carbocycles. The number of rotatable bonds is 3. The van der Waals surface area contributed by atoms with E-state index < -0.39 is 0 Å². The largest absolute Gasteiger partial charge is 0.303 e. The smallest absolute Gasteiger partial charge is 0.187 e. The zero-order chi connectivity index (χ0) is 7.33. The first-order valence-electron chi connectivity index (χ1n) is 3.50. The maximum atomic E-state index is 9.89. The monoisotopic (exact) mass is 158 g/mol. The predicted octanol–water partition coefficient (Wildman–Crippen LogP) is 1.22. The van der Waals surface area contributed by atoms with E-state index in [2.05, 4.69) is 20.8 Å². The number of hydrogen-bond donors (Lipinski definition) is 0. The highest BCUT2D eigenvalue weighted by molar-refractivity contribution is 5.75. The molecule has 0 saturated heterocycles. The molecule has 0 rings (SSSR count). The van der Waals surface area contributed by atoms with E-state index in [0.29, 0.717) is 5.41 Å². The summed E-state index contributed by atoms with van der Waals surface area (Å²) in [6.07, 6.45) is 3.89. The zero-order valence-electron chi connectivity index (χ0n) is 6.61. The Morgan fingerprint density at radius 3 is 2.10 bits per heavy atom. The van der Waals surface area contributed by atoms with E-state index in [4.69, 9.17) is 0 Å². The summed E-state index contributed by atoms with van der Waals surface area (Å²) in [5, 5.41) is 0. The molecular weight excluding hydrogens is 139 g/mol. The fraction of sp³-hybridized carbons (Fsp3) is 0.875. The Balaban J connectivity index is 0. The zero-order valence-corrected chi connectivity index (χ0v) is 6.61. The molecule has 10 heavy (non-hydrogen) atoms. The van der Waals surface area contributed by atoms with Crippen LogP contribution in [0.15, 0.2) is 0 Å². The highest BCUT2D eigenvalue weighted by Crippen LogP contribution is 2.20. The molecule has 0 heterocycles. The Morgan fingerprint density at radius 1 is 1.30 bits per heavy atom. The molecule has 0 aromatic heterocycles. The molecule has 0 aliphatic carbocycles. The topological polar surface area (TPSA) is 17.1 Å². The second-order valence-corrected chi connectivity index (χ2v) is 3.62. The number of hydrogen-bond acceptors (Lipinski definition) is 1. The molecule has 0 unspecified atom stereocenters. The second-order valence-electron chi connectivity index (χ2n) is 3.62. The van der Waals surface area contributed by atoms with E-state index in [1.54, 1.807) is 0 Å². The third kappa shape index (κ3) is 11.1. The van der Waals surface area contributed by atoms with E-state index in [1.165, 1.54) is 0 Å². The lowest BCUT2D eigenvalue weighted by molar-refractivity contribution is -0.108. The van der Waals surface area contributed by atoms with E-state index in [0.717, 1.165) is 25.5 Å². The Kier molecular flexibility index (Phi) is 7.64. The molecule has 0 aromatic carbocycles. The highest BCUT2D eigenvalue weighted by Gasteiger charge is 2.07. The summed E-state index contributed by atoms with van der Waals surface area (Å²) in [5.74, 6) is 0. The molecule has 0 radical (unpaired) electrons. The van der Waals surface area contributed by atoms with Gasteiger partial charge < -0.3 is 4.79 Å². The third-order valence-electron chi connectivity index (χ3n) is 1.25. The third-order valence-corrected chi connectivity index (χ3v) is 1.25. The summed E-state index contributed by atoms with van der Waals surface area (Å²) in [7, 11) is 0. The Hall–Kier alpha value is 0.202. The van der Waals surface area contributed by atoms with Gasteiger partial charge in [0.1, 0.15) is 6.29 Å². The van der Waals surface area contributed by atoms with E-state index >= 15 is 0 Å². The molecule has 0 bridgehead atoms. The van der Waals surface area contributed by atoms with Gasteiger partial charge in [0, 0.05) is 6.42 Å². The minimum absolute atomic E-state index is 0. The normalized spacial score (nSPS) is 10.3. The van der Waals surface area contributed by atoms with Gasteiger partial charge >= 0.3 is 0 Å². The molecule has 60 valence electrons. The van der Waals surface area contributed by atoms with Crippen LogP contribution in [0, 0.1) is 5.41 Å². The minimum Gasteiger partial charge on any atom is -0.303 e. The SMILES string of the molecule is CC(C)(C)CCCC=O.[AlH3]. The number of unbranched alkanes of at least 4 members (excludes halogenated alkanes) is 1. The van der Waals surface area contributed by atoms with Crippen LogP contribution in [-0.4, -0.2) is 23.6 Å². The van der Waals surface area contributed by atoms with Crippen LogP contribution in [0.4, 0.5) is 0 Å². The van der Waals surface area contributed by atoms with Crippen molar-refractivity contribution >= 4 is 23.6 Å². The fourth-order valence-electron chi connectivity index (χ4n) is 0.716. The van der Waals surface area contributed by atoms with Gasteiger partial charge in [0.15, 0.2) is 17.4 Å². The Labute approximate surface area is 74.3 Å². The van der Waals surface area contributed by atoms with Crippen molar-refractivity contribution in [2.24, 2.45) is 5.41 Å². The van der Waals surface area contributed by atoms with Gasteiger partial charge in [-0.2, -0.15) is 0 Å². The Morgan fingerprint density at radius 2 is 1.80 bits per heavy atom. The van der Waals surface area contributed by atoms with Crippen LogP contribution < -0.4 is 0 Å². The first-order valence-corrected chi connectivity index (χ1v) is 3.50. The minimum atomic E-state index is 0. The van der Waals surface area contributed by atoms with Gasteiger partial charge in [0.2, 0.25) is 0 Å². The fourth-order valence-corrected chi connectivity index (χ4v) is 0.716. The van der Waals surface area contributed by atoms with Gasteiger partial charge in [-0.25, -0.2) is 0 Å². The number of carbonyl (C=O) groups is 1. The summed E-state index contributed by atoms with van der Waals surface area (Å²) >= 11 is 0. The maximum Gasteiger partial charge on any atom is 0.187 e. The van der Waals surface area contributed by atoms with Gasteiger partial charge in [-0.3, -0.25) is 0 Å². The molecule has 0 N–H and O–H groups in total. The van der Waals surface area contributed by atoms with Gasteiger partial charge in [-0.1, -0.05) is 20.8 Å². The van der Waals surface area contributed by atoms with Crippen molar-refractivity contribution in [3.63, 3.8) is 0 Å². The second kappa shape index (κ2) is 5.95. The van der Waals surface area contributed by atoms with E-state index in [1.807, 2.05) is 0 Å². The summed E-state index contributed by atoms with van der Waals surface area (Å²) in [6.45, 7) is 6.58. The van der Waals surface area contributed by atoms with Crippen LogP contribution in [0.5, 0.6) is 0 Å². The molecule has 0 aliphatic rings. The van der Waals surface area contributed by atoms with Gasteiger partial charge in [-0.15, -0.1) is 0 Å². The average Bonchev–Trinajstić information content (AvgIpc) is 1.63. The van der Waals surface area contributed by atoms with Crippen LogP contribution in [-0.2, 0) is 4.79 Å². The van der Waals surface area contributed by atoms with Crippen molar-refractivity contribution in [1.29, 1.82) is 0 Å². The maximum absolute atomic E-state index is 9.89. The van der Waals surface area contributed by atoms with Gasteiger partial charge in [0.25, 0.3) is 0 Å². The molecule has 0 fully saturated rings. The lowest BCUT2D eigenvalue weighted by Crippen LogP contribution is -2.03. The standard InChI is InChI=1S/C8H16O.Al.3H/c1-8(2,3)6-4-5-7-9;;;;/h7H,4-6H2,1-3H3;;;;. The number of aldehydes is 1. The molecule has 0 aromatic rings.